The molecule has 0 aliphatic heterocycles. The van der Waals surface area contributed by atoms with Crippen molar-refractivity contribution in [3.05, 3.63) is 54.1 Å². The number of benzene rings is 2. The first kappa shape index (κ1) is 22.6. The fourth-order valence-electron chi connectivity index (χ4n) is 2.47. The van der Waals surface area contributed by atoms with Gasteiger partial charge < -0.3 is 19.5 Å². The van der Waals surface area contributed by atoms with Crippen molar-refractivity contribution in [1.29, 1.82) is 0 Å². The summed E-state index contributed by atoms with van der Waals surface area (Å²) in [6.07, 6.45) is 1.95. The molecule has 0 aliphatic rings. The van der Waals surface area contributed by atoms with Crippen molar-refractivity contribution in [2.75, 3.05) is 31.7 Å². The number of hydrogen-bond donors (Lipinski definition) is 2. The topological polar surface area (TPSA) is 68.8 Å². The van der Waals surface area contributed by atoms with Gasteiger partial charge in [-0.25, -0.2) is 0 Å². The smallest absolute Gasteiger partial charge is 0.261 e. The number of carbonyl (C=O) groups is 1. The summed E-state index contributed by atoms with van der Waals surface area (Å²) in [6, 6.07) is 14.5. The average molecular weight is 417 g/mol. The molecule has 0 bridgehead atoms. The largest absolute Gasteiger partial charge is 0.493 e. The Morgan fingerprint density at radius 2 is 1.83 bits per heavy atom. The van der Waals surface area contributed by atoms with Gasteiger partial charge in [-0.3, -0.25) is 10.1 Å². The van der Waals surface area contributed by atoms with Crippen LogP contribution in [0.1, 0.15) is 37.0 Å². The molecule has 2 N–H and O–H groups in total. The molecule has 6 nitrogen and oxygen atoms in total. The van der Waals surface area contributed by atoms with Crippen molar-refractivity contribution >= 4 is 28.9 Å². The summed E-state index contributed by atoms with van der Waals surface area (Å²) in [5.74, 6) is 0.920. The number of hydrogen-bond acceptors (Lipinski definition) is 5. The van der Waals surface area contributed by atoms with Crippen LogP contribution in [0.5, 0.6) is 11.5 Å². The zero-order chi connectivity index (χ0) is 20.9. The standard InChI is InChI=1S/C22H28N2O4S/c1-3-5-13-28-20-12-7-6-11-19(20)21(25)24-22(29)23-17-9-8-10-18(16-17)27-15-14-26-4-2/h6-12,16H,3-5,13-15H2,1-2H3,(H2,23,24,25,29). The minimum absolute atomic E-state index is 0.199. The summed E-state index contributed by atoms with van der Waals surface area (Å²) < 4.78 is 16.6. The summed E-state index contributed by atoms with van der Waals surface area (Å²) in [7, 11) is 0. The molecule has 2 aromatic carbocycles. The second-order valence-electron chi connectivity index (χ2n) is 6.18. The molecule has 0 aromatic heterocycles. The van der Waals surface area contributed by atoms with Gasteiger partial charge in [0.15, 0.2) is 5.11 Å². The predicted molar refractivity (Wildman–Crippen MR) is 119 cm³/mol. The van der Waals surface area contributed by atoms with Gasteiger partial charge in [0, 0.05) is 18.4 Å². The van der Waals surface area contributed by atoms with E-state index < -0.39 is 0 Å². The molecule has 0 heterocycles. The number of nitrogens with one attached hydrogen (secondary N) is 2. The van der Waals surface area contributed by atoms with Gasteiger partial charge in [0.1, 0.15) is 18.1 Å². The second kappa shape index (κ2) is 12.7. The number of para-hydroxylation sites is 1. The molecule has 2 rings (SSSR count). The van der Waals surface area contributed by atoms with E-state index in [1.807, 2.05) is 37.3 Å². The van der Waals surface area contributed by atoms with Crippen LogP contribution in [-0.2, 0) is 4.74 Å². The molecule has 1 amide bonds. The second-order valence-corrected chi connectivity index (χ2v) is 6.59. The maximum atomic E-state index is 12.6. The van der Waals surface area contributed by atoms with Crippen molar-refractivity contribution in [2.45, 2.75) is 26.7 Å². The van der Waals surface area contributed by atoms with Gasteiger partial charge in [0.25, 0.3) is 5.91 Å². The zero-order valence-corrected chi connectivity index (χ0v) is 17.7. The van der Waals surface area contributed by atoms with Crippen LogP contribution in [0.2, 0.25) is 0 Å². The molecule has 2 aromatic rings. The van der Waals surface area contributed by atoms with Crippen LogP contribution < -0.4 is 20.1 Å². The highest BCUT2D eigenvalue weighted by molar-refractivity contribution is 7.80. The molecule has 0 saturated heterocycles. The number of ether oxygens (including phenoxy) is 3. The Balaban J connectivity index is 1.91. The van der Waals surface area contributed by atoms with Gasteiger partial charge in [-0.2, -0.15) is 0 Å². The lowest BCUT2D eigenvalue weighted by Gasteiger charge is -2.13. The SMILES string of the molecule is CCCCOc1ccccc1C(=O)NC(=S)Nc1cccc(OCCOCC)c1. The Morgan fingerprint density at radius 1 is 1.00 bits per heavy atom. The number of thiocarbonyl (C=S) groups is 1. The minimum atomic E-state index is -0.321. The van der Waals surface area contributed by atoms with Crippen molar-refractivity contribution in [3.63, 3.8) is 0 Å². The van der Waals surface area contributed by atoms with Gasteiger partial charge in [-0.1, -0.05) is 31.5 Å². The summed E-state index contributed by atoms with van der Waals surface area (Å²) >= 11 is 5.28. The fourth-order valence-corrected chi connectivity index (χ4v) is 2.68. The van der Waals surface area contributed by atoms with Crippen LogP contribution in [0, 0.1) is 0 Å². The number of anilines is 1. The van der Waals surface area contributed by atoms with Gasteiger partial charge >= 0.3 is 0 Å². The minimum Gasteiger partial charge on any atom is -0.493 e. The predicted octanol–water partition coefficient (Wildman–Crippen LogP) is 4.41. The third kappa shape index (κ3) is 8.09. The Kier molecular flexibility index (Phi) is 9.95. The van der Waals surface area contributed by atoms with Crippen molar-refractivity contribution in [1.82, 2.24) is 5.32 Å². The van der Waals surface area contributed by atoms with Crippen LogP contribution in [0.3, 0.4) is 0 Å². The van der Waals surface area contributed by atoms with E-state index >= 15 is 0 Å². The molecule has 29 heavy (non-hydrogen) atoms. The maximum Gasteiger partial charge on any atom is 0.261 e. The normalized spacial score (nSPS) is 10.3. The Morgan fingerprint density at radius 3 is 2.62 bits per heavy atom. The molecule has 0 spiro atoms. The van der Waals surface area contributed by atoms with Crippen LogP contribution in [0.4, 0.5) is 5.69 Å². The first-order chi connectivity index (χ1) is 14.1. The Labute approximate surface area is 177 Å². The van der Waals surface area contributed by atoms with Crippen molar-refractivity contribution in [2.24, 2.45) is 0 Å². The van der Waals surface area contributed by atoms with E-state index in [9.17, 15) is 4.79 Å². The van der Waals surface area contributed by atoms with Crippen LogP contribution >= 0.6 is 12.2 Å². The van der Waals surface area contributed by atoms with Gasteiger partial charge in [-0.15, -0.1) is 0 Å². The molecule has 7 heteroatoms. The molecular weight excluding hydrogens is 388 g/mol. The van der Waals surface area contributed by atoms with Crippen LogP contribution in [0.25, 0.3) is 0 Å². The molecular formula is C22H28N2O4S. The first-order valence-electron chi connectivity index (χ1n) is 9.78. The highest BCUT2D eigenvalue weighted by Crippen LogP contribution is 2.19. The lowest BCUT2D eigenvalue weighted by atomic mass is 10.2. The summed E-state index contributed by atoms with van der Waals surface area (Å²) in [5.41, 5.74) is 1.16. The van der Waals surface area contributed by atoms with E-state index in [4.69, 9.17) is 26.4 Å². The van der Waals surface area contributed by atoms with Crippen LogP contribution in [-0.4, -0.2) is 37.4 Å². The Bertz CT molecular complexity index is 798. The van der Waals surface area contributed by atoms with Crippen molar-refractivity contribution in [3.8, 4) is 11.5 Å². The number of rotatable bonds is 11. The van der Waals surface area contributed by atoms with E-state index in [0.29, 0.717) is 43.5 Å². The summed E-state index contributed by atoms with van der Waals surface area (Å²) in [4.78, 5) is 12.6. The maximum absolute atomic E-state index is 12.6. The lowest BCUT2D eigenvalue weighted by Crippen LogP contribution is -2.34. The van der Waals surface area contributed by atoms with E-state index in [-0.39, 0.29) is 11.0 Å². The molecule has 0 fully saturated rings. The number of amides is 1. The summed E-state index contributed by atoms with van der Waals surface area (Å²) in [6.45, 7) is 6.25. The average Bonchev–Trinajstić information content (AvgIpc) is 2.72. The lowest BCUT2D eigenvalue weighted by molar-refractivity contribution is 0.0973. The van der Waals surface area contributed by atoms with E-state index in [0.717, 1.165) is 18.5 Å². The monoisotopic (exact) mass is 416 g/mol. The molecule has 0 unspecified atom stereocenters. The fraction of sp³-hybridized carbons (Fsp3) is 0.364. The highest BCUT2D eigenvalue weighted by Gasteiger charge is 2.13. The Hall–Kier alpha value is -2.64. The number of unbranched alkanes of at least 4 members (excludes halogenated alkanes) is 1. The molecule has 0 aliphatic carbocycles. The van der Waals surface area contributed by atoms with E-state index in [2.05, 4.69) is 17.6 Å². The van der Waals surface area contributed by atoms with Gasteiger partial charge in [0.05, 0.1) is 18.8 Å². The van der Waals surface area contributed by atoms with Gasteiger partial charge in [0.2, 0.25) is 0 Å². The van der Waals surface area contributed by atoms with Gasteiger partial charge in [-0.05, 0) is 49.8 Å². The highest BCUT2D eigenvalue weighted by atomic mass is 32.1. The summed E-state index contributed by atoms with van der Waals surface area (Å²) in [5, 5.41) is 5.90. The quantitative estimate of drug-likeness (QED) is 0.418. The first-order valence-corrected chi connectivity index (χ1v) is 10.2. The zero-order valence-electron chi connectivity index (χ0n) is 16.9. The molecule has 156 valence electrons. The van der Waals surface area contributed by atoms with E-state index in [1.165, 1.54) is 0 Å². The third-order valence-corrected chi connectivity index (χ3v) is 4.11. The third-order valence-electron chi connectivity index (χ3n) is 3.91. The molecule has 0 atom stereocenters. The molecule has 0 radical (unpaired) electrons. The van der Waals surface area contributed by atoms with E-state index in [1.54, 1.807) is 18.2 Å². The number of carbonyl (C=O) groups excluding carboxylic acids is 1. The van der Waals surface area contributed by atoms with Crippen LogP contribution in [0.15, 0.2) is 48.5 Å². The molecule has 0 saturated carbocycles. The van der Waals surface area contributed by atoms with Crippen molar-refractivity contribution < 1.29 is 19.0 Å².